The van der Waals surface area contributed by atoms with E-state index in [1.54, 1.807) is 36.4 Å². The molecule has 0 radical (unpaired) electrons. The number of aryl methyl sites for hydroxylation is 1. The van der Waals surface area contributed by atoms with Crippen molar-refractivity contribution < 1.29 is 8.42 Å². The van der Waals surface area contributed by atoms with Crippen molar-refractivity contribution >= 4 is 32.7 Å². The van der Waals surface area contributed by atoms with Gasteiger partial charge in [-0.1, -0.05) is 74.3 Å². The highest BCUT2D eigenvalue weighted by Crippen LogP contribution is 2.35. The molecule has 4 aromatic rings. The summed E-state index contributed by atoms with van der Waals surface area (Å²) in [4.78, 5) is 4.56. The molecule has 0 saturated carbocycles. The molecule has 0 atom stereocenters. The van der Waals surface area contributed by atoms with E-state index < -0.39 is 10.0 Å². The first-order valence-corrected chi connectivity index (χ1v) is 11.5. The van der Waals surface area contributed by atoms with E-state index in [1.807, 2.05) is 31.2 Å². The maximum Gasteiger partial charge on any atom is 0.269 e. The van der Waals surface area contributed by atoms with Crippen LogP contribution < -0.4 is 0 Å². The molecule has 0 aliphatic heterocycles. The lowest BCUT2D eigenvalue weighted by Gasteiger charge is -2.19. The molecular formula is C24H23ClN2O2S. The van der Waals surface area contributed by atoms with Crippen LogP contribution in [0.5, 0.6) is 0 Å². The summed E-state index contributed by atoms with van der Waals surface area (Å²) in [5, 5.41) is 1.06. The van der Waals surface area contributed by atoms with Crippen LogP contribution in [0.3, 0.4) is 0 Å². The Morgan fingerprint density at radius 1 is 0.933 bits per heavy atom. The van der Waals surface area contributed by atoms with Crippen molar-refractivity contribution in [2.45, 2.75) is 38.0 Å². The van der Waals surface area contributed by atoms with Crippen LogP contribution in [0.2, 0.25) is 5.02 Å². The summed E-state index contributed by atoms with van der Waals surface area (Å²) in [5.41, 5.74) is 3.80. The van der Waals surface area contributed by atoms with E-state index in [1.165, 1.54) is 15.7 Å². The molecule has 2 heterocycles. The minimum absolute atomic E-state index is 0.00404. The van der Waals surface area contributed by atoms with E-state index >= 15 is 0 Å². The fourth-order valence-corrected chi connectivity index (χ4v) is 5.12. The fourth-order valence-electron chi connectivity index (χ4n) is 3.44. The van der Waals surface area contributed by atoms with Crippen molar-refractivity contribution in [1.29, 1.82) is 0 Å². The summed E-state index contributed by atoms with van der Waals surface area (Å²) in [6.45, 7) is 8.35. The summed E-state index contributed by atoms with van der Waals surface area (Å²) < 4.78 is 28.6. The number of hydrogen-bond donors (Lipinski definition) is 0. The minimum Gasteiger partial charge on any atom is -0.237 e. The smallest absolute Gasteiger partial charge is 0.237 e. The number of fused-ring (bicyclic) bond motifs is 1. The Morgan fingerprint density at radius 2 is 1.57 bits per heavy atom. The van der Waals surface area contributed by atoms with Gasteiger partial charge >= 0.3 is 0 Å². The molecule has 6 heteroatoms. The molecular weight excluding hydrogens is 416 g/mol. The molecule has 4 nitrogen and oxygen atoms in total. The molecule has 0 aliphatic rings. The quantitative estimate of drug-likeness (QED) is 0.382. The second-order valence-corrected chi connectivity index (χ2v) is 10.7. The van der Waals surface area contributed by atoms with Gasteiger partial charge in [-0.3, -0.25) is 0 Å². The Balaban J connectivity index is 1.99. The zero-order chi connectivity index (χ0) is 21.7. The summed E-state index contributed by atoms with van der Waals surface area (Å²) in [7, 11) is -3.88. The number of rotatable bonds is 3. The number of hydrogen-bond acceptors (Lipinski definition) is 3. The average molecular weight is 439 g/mol. The Kier molecular flexibility index (Phi) is 4.99. The number of aromatic nitrogens is 2. The molecule has 0 N–H and O–H groups in total. The third kappa shape index (κ3) is 3.53. The van der Waals surface area contributed by atoms with Gasteiger partial charge in [0.1, 0.15) is 0 Å². The molecule has 4 rings (SSSR count). The van der Waals surface area contributed by atoms with Crippen LogP contribution in [0.15, 0.2) is 71.8 Å². The van der Waals surface area contributed by atoms with Crippen molar-refractivity contribution in [3.63, 3.8) is 0 Å². The Labute approximate surface area is 182 Å². The van der Waals surface area contributed by atoms with Gasteiger partial charge in [0.25, 0.3) is 10.0 Å². The van der Waals surface area contributed by atoms with Crippen LogP contribution in [0.1, 0.15) is 31.9 Å². The molecule has 0 unspecified atom stereocenters. The second kappa shape index (κ2) is 7.25. The molecule has 30 heavy (non-hydrogen) atoms. The van der Waals surface area contributed by atoms with Crippen LogP contribution in [0, 0.1) is 6.92 Å². The zero-order valence-corrected chi connectivity index (χ0v) is 18.9. The highest BCUT2D eigenvalue weighted by Gasteiger charge is 2.26. The first kappa shape index (κ1) is 20.6. The van der Waals surface area contributed by atoms with Gasteiger partial charge in [-0.2, -0.15) is 0 Å². The van der Waals surface area contributed by atoms with E-state index in [4.69, 9.17) is 11.6 Å². The summed E-state index contributed by atoms with van der Waals surface area (Å²) in [6, 6.07) is 18.2. The molecule has 0 fully saturated rings. The third-order valence-electron chi connectivity index (χ3n) is 5.21. The van der Waals surface area contributed by atoms with Gasteiger partial charge in [-0.05, 0) is 47.7 Å². The highest BCUT2D eigenvalue weighted by molar-refractivity contribution is 7.90. The van der Waals surface area contributed by atoms with Crippen molar-refractivity contribution in [2.24, 2.45) is 0 Å². The van der Waals surface area contributed by atoms with Crippen LogP contribution in [0.4, 0.5) is 0 Å². The number of pyridine rings is 1. The third-order valence-corrected chi connectivity index (χ3v) is 7.26. The van der Waals surface area contributed by atoms with Crippen molar-refractivity contribution in [3.8, 4) is 11.3 Å². The van der Waals surface area contributed by atoms with Gasteiger partial charge < -0.3 is 0 Å². The van der Waals surface area contributed by atoms with Gasteiger partial charge in [-0.25, -0.2) is 17.4 Å². The monoisotopic (exact) mass is 438 g/mol. The van der Waals surface area contributed by atoms with Crippen molar-refractivity contribution in [3.05, 3.63) is 83.0 Å². The van der Waals surface area contributed by atoms with Crippen molar-refractivity contribution in [2.75, 3.05) is 0 Å². The normalized spacial score (nSPS) is 12.4. The summed E-state index contributed by atoms with van der Waals surface area (Å²) in [6.07, 6.45) is 1.53. The summed E-state index contributed by atoms with van der Waals surface area (Å²) in [5.74, 6) is 0. The largest absolute Gasteiger partial charge is 0.269 e. The molecule has 0 aliphatic carbocycles. The molecule has 0 bridgehead atoms. The molecule has 0 saturated heterocycles. The highest BCUT2D eigenvalue weighted by atomic mass is 35.5. The standard InChI is InChI=1S/C24H23ClN2O2S/c1-16-5-11-19(12-6-16)30(28,29)27-22(15-20-21(25)13-14-26-23(20)27)17-7-9-18(10-8-17)24(2,3)4/h5-15H,1-4H3. The minimum atomic E-state index is -3.88. The van der Waals surface area contributed by atoms with Gasteiger partial charge in [0.2, 0.25) is 0 Å². The predicted molar refractivity (Wildman–Crippen MR) is 123 cm³/mol. The lowest BCUT2D eigenvalue weighted by atomic mass is 9.86. The van der Waals surface area contributed by atoms with Crippen LogP contribution >= 0.6 is 11.6 Å². The number of nitrogens with zero attached hydrogens (tertiary/aromatic N) is 2. The summed E-state index contributed by atoms with van der Waals surface area (Å²) >= 11 is 6.38. The average Bonchev–Trinajstić information content (AvgIpc) is 3.09. The zero-order valence-electron chi connectivity index (χ0n) is 17.3. The van der Waals surface area contributed by atoms with E-state index in [-0.39, 0.29) is 10.3 Å². The van der Waals surface area contributed by atoms with Gasteiger partial charge in [0, 0.05) is 11.6 Å². The van der Waals surface area contributed by atoms with E-state index in [9.17, 15) is 8.42 Å². The van der Waals surface area contributed by atoms with E-state index in [2.05, 4.69) is 25.8 Å². The maximum atomic E-state index is 13.6. The van der Waals surface area contributed by atoms with Gasteiger partial charge in [0.05, 0.1) is 15.6 Å². The SMILES string of the molecule is Cc1ccc(S(=O)(=O)n2c(-c3ccc(C(C)(C)C)cc3)cc3c(Cl)ccnc32)cc1. The lowest BCUT2D eigenvalue weighted by molar-refractivity contribution is 0.588. The molecule has 0 spiro atoms. The molecule has 2 aromatic heterocycles. The lowest BCUT2D eigenvalue weighted by Crippen LogP contribution is -2.15. The molecule has 2 aromatic carbocycles. The van der Waals surface area contributed by atoms with Crippen LogP contribution in [-0.2, 0) is 15.4 Å². The predicted octanol–water partition coefficient (Wildman–Crippen LogP) is 6.20. The Bertz CT molecular complexity index is 1330. The first-order valence-electron chi connectivity index (χ1n) is 9.68. The fraction of sp³-hybridized carbons (Fsp3) is 0.208. The van der Waals surface area contributed by atoms with Gasteiger partial charge in [-0.15, -0.1) is 0 Å². The number of benzene rings is 2. The first-order chi connectivity index (χ1) is 14.1. The van der Waals surface area contributed by atoms with E-state index in [0.717, 1.165) is 11.1 Å². The van der Waals surface area contributed by atoms with Crippen LogP contribution in [-0.4, -0.2) is 17.4 Å². The molecule has 0 amide bonds. The topological polar surface area (TPSA) is 52.0 Å². The maximum absolute atomic E-state index is 13.6. The molecule has 154 valence electrons. The second-order valence-electron chi connectivity index (χ2n) is 8.47. The van der Waals surface area contributed by atoms with Crippen LogP contribution in [0.25, 0.3) is 22.3 Å². The Hall–Kier alpha value is -2.63. The van der Waals surface area contributed by atoms with Gasteiger partial charge in [0.15, 0.2) is 5.65 Å². The van der Waals surface area contributed by atoms with Crippen molar-refractivity contribution in [1.82, 2.24) is 8.96 Å². The van der Waals surface area contributed by atoms with E-state index in [0.29, 0.717) is 21.7 Å². The number of halogens is 1. The Morgan fingerprint density at radius 3 is 2.17 bits per heavy atom.